The van der Waals surface area contributed by atoms with Crippen LogP contribution >= 0.6 is 0 Å². The normalized spacial score (nSPS) is 15.2. The molecule has 1 saturated heterocycles. The van der Waals surface area contributed by atoms with E-state index in [9.17, 15) is 4.79 Å². The summed E-state index contributed by atoms with van der Waals surface area (Å²) in [4.78, 5) is 21.8. The van der Waals surface area contributed by atoms with Crippen molar-refractivity contribution in [2.24, 2.45) is 5.92 Å². The van der Waals surface area contributed by atoms with E-state index in [-0.39, 0.29) is 5.91 Å². The summed E-state index contributed by atoms with van der Waals surface area (Å²) >= 11 is 0. The molecule has 0 saturated carbocycles. The number of amides is 1. The van der Waals surface area contributed by atoms with E-state index in [1.54, 1.807) is 0 Å². The molecule has 1 aromatic carbocycles. The van der Waals surface area contributed by atoms with Gasteiger partial charge in [0.1, 0.15) is 18.0 Å². The number of aromatic nitrogens is 2. The minimum Gasteiger partial charge on any atom is -0.487 e. The standard InChI is InChI=1S/C23H28N4O2/c1-18(2)15-25-10-12-26(13-11-25)23(28)19-6-5-7-21(14-19)29-17-20-16-27-9-4-3-8-22(27)24-20/h3-9,14,16,18H,10-13,15,17H2,1-2H3. The molecule has 0 atom stereocenters. The fourth-order valence-corrected chi connectivity index (χ4v) is 3.77. The van der Waals surface area contributed by atoms with Crippen LogP contribution < -0.4 is 4.74 Å². The minimum atomic E-state index is 0.0763. The fraction of sp³-hybridized carbons (Fsp3) is 0.391. The van der Waals surface area contributed by atoms with E-state index in [4.69, 9.17) is 4.74 Å². The molecule has 0 aliphatic carbocycles. The van der Waals surface area contributed by atoms with Crippen LogP contribution in [0.15, 0.2) is 54.9 Å². The molecular formula is C23H28N4O2. The van der Waals surface area contributed by atoms with Crippen LogP contribution in [0.1, 0.15) is 29.9 Å². The third-order valence-electron chi connectivity index (χ3n) is 5.16. The molecule has 0 radical (unpaired) electrons. The van der Waals surface area contributed by atoms with Gasteiger partial charge in [-0.2, -0.15) is 0 Å². The van der Waals surface area contributed by atoms with Crippen molar-refractivity contribution in [1.82, 2.24) is 19.2 Å². The SMILES string of the molecule is CC(C)CN1CCN(C(=O)c2cccc(OCc3cn4ccccc4n3)c2)CC1. The molecule has 1 aliphatic rings. The Kier molecular flexibility index (Phi) is 5.81. The van der Waals surface area contributed by atoms with E-state index >= 15 is 0 Å². The van der Waals surface area contributed by atoms with Crippen molar-refractivity contribution >= 4 is 11.6 Å². The first-order valence-electron chi connectivity index (χ1n) is 10.3. The lowest BCUT2D eigenvalue weighted by molar-refractivity contribution is 0.0623. The van der Waals surface area contributed by atoms with E-state index in [0.29, 0.717) is 23.8 Å². The van der Waals surface area contributed by atoms with Crippen LogP contribution in [-0.4, -0.2) is 57.8 Å². The number of hydrogen-bond acceptors (Lipinski definition) is 4. The average Bonchev–Trinajstić information content (AvgIpc) is 3.15. The lowest BCUT2D eigenvalue weighted by Gasteiger charge is -2.35. The third-order valence-corrected chi connectivity index (χ3v) is 5.16. The highest BCUT2D eigenvalue weighted by Crippen LogP contribution is 2.18. The average molecular weight is 393 g/mol. The molecule has 1 fully saturated rings. The summed E-state index contributed by atoms with van der Waals surface area (Å²) in [5.74, 6) is 1.41. The van der Waals surface area contributed by atoms with Gasteiger partial charge in [0.25, 0.3) is 5.91 Å². The number of carbonyl (C=O) groups is 1. The number of piperazine rings is 1. The van der Waals surface area contributed by atoms with Gasteiger partial charge in [-0.1, -0.05) is 26.0 Å². The Bertz CT molecular complexity index is 941. The quantitative estimate of drug-likeness (QED) is 0.646. The Hall–Kier alpha value is -2.86. The van der Waals surface area contributed by atoms with E-state index in [1.807, 2.05) is 64.2 Å². The summed E-state index contributed by atoms with van der Waals surface area (Å²) < 4.78 is 7.88. The third kappa shape index (κ3) is 4.77. The number of hydrogen-bond donors (Lipinski definition) is 0. The molecule has 152 valence electrons. The number of nitrogens with zero attached hydrogens (tertiary/aromatic N) is 4. The summed E-state index contributed by atoms with van der Waals surface area (Å²) in [6, 6.07) is 13.3. The van der Waals surface area contributed by atoms with E-state index in [1.165, 1.54) is 0 Å². The molecule has 29 heavy (non-hydrogen) atoms. The number of carbonyl (C=O) groups excluding carboxylic acids is 1. The molecule has 1 aliphatic heterocycles. The van der Waals surface area contributed by atoms with Crippen LogP contribution in [-0.2, 0) is 6.61 Å². The number of rotatable bonds is 6. The largest absolute Gasteiger partial charge is 0.487 e. The minimum absolute atomic E-state index is 0.0763. The number of pyridine rings is 1. The van der Waals surface area contributed by atoms with Crippen LogP contribution in [0.4, 0.5) is 0 Å². The van der Waals surface area contributed by atoms with Gasteiger partial charge in [-0.25, -0.2) is 4.98 Å². The van der Waals surface area contributed by atoms with Crippen molar-refractivity contribution in [2.75, 3.05) is 32.7 Å². The van der Waals surface area contributed by atoms with E-state index in [2.05, 4.69) is 23.7 Å². The molecule has 2 aromatic heterocycles. The Morgan fingerprint density at radius 2 is 1.93 bits per heavy atom. The number of fused-ring (bicyclic) bond motifs is 1. The molecule has 4 rings (SSSR count). The van der Waals surface area contributed by atoms with Crippen LogP contribution in [0.3, 0.4) is 0 Å². The zero-order chi connectivity index (χ0) is 20.2. The van der Waals surface area contributed by atoms with E-state index in [0.717, 1.165) is 44.1 Å². The monoisotopic (exact) mass is 392 g/mol. The topological polar surface area (TPSA) is 50.1 Å². The van der Waals surface area contributed by atoms with Gasteiger partial charge in [0.2, 0.25) is 0 Å². The van der Waals surface area contributed by atoms with Gasteiger partial charge in [-0.05, 0) is 36.2 Å². The predicted molar refractivity (Wildman–Crippen MR) is 113 cm³/mol. The maximum atomic E-state index is 12.9. The molecule has 0 unspecified atom stereocenters. The molecule has 0 N–H and O–H groups in total. The van der Waals surface area contributed by atoms with Gasteiger partial charge in [0.05, 0.1) is 5.69 Å². The first-order valence-corrected chi connectivity index (χ1v) is 10.3. The first kappa shape index (κ1) is 19.5. The van der Waals surface area contributed by atoms with Gasteiger partial charge in [0, 0.05) is 50.7 Å². The number of ether oxygens (including phenoxy) is 1. The molecule has 3 heterocycles. The molecule has 1 amide bonds. The second kappa shape index (κ2) is 8.66. The van der Waals surface area contributed by atoms with Crippen LogP contribution in [0.2, 0.25) is 0 Å². The summed E-state index contributed by atoms with van der Waals surface area (Å²) in [6.45, 7) is 9.35. The Morgan fingerprint density at radius 1 is 1.10 bits per heavy atom. The predicted octanol–water partition coefficient (Wildman–Crippen LogP) is 3.33. The highest BCUT2D eigenvalue weighted by molar-refractivity contribution is 5.94. The maximum Gasteiger partial charge on any atom is 0.254 e. The van der Waals surface area contributed by atoms with Crippen molar-refractivity contribution in [3.05, 3.63) is 66.1 Å². The Morgan fingerprint density at radius 3 is 2.69 bits per heavy atom. The zero-order valence-electron chi connectivity index (χ0n) is 17.1. The fourth-order valence-electron chi connectivity index (χ4n) is 3.77. The number of benzene rings is 1. The molecule has 0 bridgehead atoms. The number of imidazole rings is 1. The van der Waals surface area contributed by atoms with Gasteiger partial charge in [0.15, 0.2) is 0 Å². The van der Waals surface area contributed by atoms with Crippen LogP contribution in [0.5, 0.6) is 5.75 Å². The van der Waals surface area contributed by atoms with Crippen molar-refractivity contribution in [3.8, 4) is 5.75 Å². The lowest BCUT2D eigenvalue weighted by atomic mass is 10.1. The molecular weight excluding hydrogens is 364 g/mol. The smallest absolute Gasteiger partial charge is 0.254 e. The van der Waals surface area contributed by atoms with Crippen LogP contribution in [0, 0.1) is 5.92 Å². The van der Waals surface area contributed by atoms with Gasteiger partial charge >= 0.3 is 0 Å². The van der Waals surface area contributed by atoms with Gasteiger partial charge in [-0.3, -0.25) is 9.69 Å². The molecule has 0 spiro atoms. The zero-order valence-corrected chi connectivity index (χ0v) is 17.1. The summed E-state index contributed by atoms with van der Waals surface area (Å²) in [5, 5.41) is 0. The molecule has 6 nitrogen and oxygen atoms in total. The molecule has 3 aromatic rings. The van der Waals surface area contributed by atoms with Gasteiger partial charge in [-0.15, -0.1) is 0 Å². The second-order valence-electron chi connectivity index (χ2n) is 8.00. The Labute approximate surface area is 171 Å². The highest BCUT2D eigenvalue weighted by atomic mass is 16.5. The van der Waals surface area contributed by atoms with Crippen molar-refractivity contribution < 1.29 is 9.53 Å². The van der Waals surface area contributed by atoms with Crippen LogP contribution in [0.25, 0.3) is 5.65 Å². The van der Waals surface area contributed by atoms with E-state index < -0.39 is 0 Å². The summed E-state index contributed by atoms with van der Waals surface area (Å²) in [6.07, 6.45) is 3.92. The maximum absolute atomic E-state index is 12.9. The molecule has 6 heteroatoms. The highest BCUT2D eigenvalue weighted by Gasteiger charge is 2.22. The van der Waals surface area contributed by atoms with Crippen molar-refractivity contribution in [3.63, 3.8) is 0 Å². The summed E-state index contributed by atoms with van der Waals surface area (Å²) in [7, 11) is 0. The van der Waals surface area contributed by atoms with Gasteiger partial charge < -0.3 is 14.0 Å². The van der Waals surface area contributed by atoms with Crippen molar-refractivity contribution in [1.29, 1.82) is 0 Å². The summed E-state index contributed by atoms with van der Waals surface area (Å²) in [5.41, 5.74) is 2.43. The Balaban J connectivity index is 1.36. The van der Waals surface area contributed by atoms with Crippen molar-refractivity contribution in [2.45, 2.75) is 20.5 Å². The second-order valence-corrected chi connectivity index (χ2v) is 8.00. The first-order chi connectivity index (χ1) is 14.1. The lowest BCUT2D eigenvalue weighted by Crippen LogP contribution is -2.49.